The zero-order valence-corrected chi connectivity index (χ0v) is 12.3. The molecule has 0 rings (SSSR count). The van der Waals surface area contributed by atoms with E-state index in [-0.39, 0.29) is 17.6 Å². The van der Waals surface area contributed by atoms with Crippen molar-refractivity contribution in [2.75, 3.05) is 7.11 Å². The van der Waals surface area contributed by atoms with Gasteiger partial charge in [-0.25, -0.2) is 4.39 Å². The van der Waals surface area contributed by atoms with E-state index in [2.05, 4.69) is 13.8 Å². The second-order valence-electron chi connectivity index (χ2n) is 4.79. The highest BCUT2D eigenvalue weighted by molar-refractivity contribution is 5.92. The second-order valence-corrected chi connectivity index (χ2v) is 4.79. The summed E-state index contributed by atoms with van der Waals surface area (Å²) in [4.78, 5) is 12.1. The number of methoxy groups -OCH3 is 1. The monoisotopic (exact) mass is 258 g/mol. The van der Waals surface area contributed by atoms with Gasteiger partial charge < -0.3 is 4.74 Å². The first kappa shape index (κ1) is 17.1. The molecule has 0 aromatic rings. The first-order valence-electron chi connectivity index (χ1n) is 6.93. The van der Waals surface area contributed by atoms with Crippen molar-refractivity contribution in [3.8, 4) is 0 Å². The van der Waals surface area contributed by atoms with Crippen LogP contribution < -0.4 is 0 Å². The van der Waals surface area contributed by atoms with E-state index in [1.165, 1.54) is 6.92 Å². The number of ether oxygens (including phenoxy) is 1. The normalized spacial score (nSPS) is 15.6. The maximum atomic E-state index is 13.0. The Morgan fingerprint density at radius 3 is 2.00 bits per heavy atom. The van der Waals surface area contributed by atoms with Crippen molar-refractivity contribution < 1.29 is 13.9 Å². The van der Waals surface area contributed by atoms with Gasteiger partial charge in [-0.05, 0) is 32.6 Å². The minimum Gasteiger partial charge on any atom is -0.501 e. The summed E-state index contributed by atoms with van der Waals surface area (Å²) < 4.78 is 18.3. The molecule has 0 amide bonds. The number of allylic oxidation sites excluding steroid dienone is 2. The molecule has 2 atom stereocenters. The molecular weight excluding hydrogens is 231 g/mol. The van der Waals surface area contributed by atoms with Gasteiger partial charge in [-0.2, -0.15) is 0 Å². The second kappa shape index (κ2) is 9.12. The lowest BCUT2D eigenvalue weighted by Crippen LogP contribution is -2.17. The van der Waals surface area contributed by atoms with E-state index in [0.717, 1.165) is 18.6 Å². The third kappa shape index (κ3) is 5.65. The minimum absolute atomic E-state index is 0.00856. The van der Waals surface area contributed by atoms with Gasteiger partial charge in [-0.1, -0.05) is 20.8 Å². The fraction of sp³-hybridized carbons (Fsp3) is 0.800. The minimum atomic E-state index is -0.938. The predicted octanol–water partition coefficient (Wildman–Crippen LogP) is 4.30. The van der Waals surface area contributed by atoms with Gasteiger partial charge in [0.25, 0.3) is 0 Å². The number of hydrogen-bond donors (Lipinski definition) is 0. The van der Waals surface area contributed by atoms with E-state index in [4.69, 9.17) is 4.74 Å². The number of alkyl halides is 1. The van der Waals surface area contributed by atoms with Crippen LogP contribution in [-0.2, 0) is 9.53 Å². The van der Waals surface area contributed by atoms with Gasteiger partial charge in [0, 0.05) is 17.9 Å². The molecule has 18 heavy (non-hydrogen) atoms. The molecule has 0 aromatic carbocycles. The number of carbonyl (C=O) groups is 1. The Morgan fingerprint density at radius 1 is 1.17 bits per heavy atom. The third-order valence-corrected chi connectivity index (χ3v) is 3.41. The van der Waals surface area contributed by atoms with Gasteiger partial charge in [0.2, 0.25) is 0 Å². The molecule has 0 fully saturated rings. The number of ketones is 1. The summed E-state index contributed by atoms with van der Waals surface area (Å²) >= 11 is 0. The van der Waals surface area contributed by atoms with Crippen molar-refractivity contribution >= 4 is 5.78 Å². The van der Waals surface area contributed by atoms with Crippen LogP contribution in [0.3, 0.4) is 0 Å². The smallest absolute Gasteiger partial charge is 0.162 e. The van der Waals surface area contributed by atoms with Crippen LogP contribution in [0.5, 0.6) is 0 Å². The molecule has 0 aromatic heterocycles. The van der Waals surface area contributed by atoms with Crippen LogP contribution in [0.4, 0.5) is 4.39 Å². The summed E-state index contributed by atoms with van der Waals surface area (Å²) in [5, 5.41) is 0. The van der Waals surface area contributed by atoms with Crippen molar-refractivity contribution in [3.63, 3.8) is 0 Å². The molecule has 0 N–H and O–H groups in total. The fourth-order valence-electron chi connectivity index (χ4n) is 2.17. The Morgan fingerprint density at radius 2 is 1.67 bits per heavy atom. The predicted molar refractivity (Wildman–Crippen MR) is 73.1 cm³/mol. The zero-order valence-electron chi connectivity index (χ0n) is 12.3. The molecule has 0 saturated carbocycles. The van der Waals surface area contributed by atoms with Crippen molar-refractivity contribution in [1.29, 1.82) is 0 Å². The molecular formula is C15H27FO2. The Kier molecular flexibility index (Phi) is 8.69. The zero-order chi connectivity index (χ0) is 14.1. The van der Waals surface area contributed by atoms with Gasteiger partial charge in [-0.15, -0.1) is 0 Å². The van der Waals surface area contributed by atoms with Crippen LogP contribution in [0.25, 0.3) is 0 Å². The summed E-state index contributed by atoms with van der Waals surface area (Å²) in [5.74, 6) is 0.768. The fourth-order valence-corrected chi connectivity index (χ4v) is 2.17. The Bertz CT molecular complexity index is 268. The molecule has 0 spiro atoms. The quantitative estimate of drug-likeness (QED) is 0.455. The lowest BCUT2D eigenvalue weighted by Gasteiger charge is -2.17. The molecule has 2 nitrogen and oxygen atoms in total. The van der Waals surface area contributed by atoms with Crippen LogP contribution in [-0.4, -0.2) is 19.1 Å². The Balaban J connectivity index is 4.82. The number of carbonyl (C=O) groups excluding carboxylic acids is 1. The third-order valence-electron chi connectivity index (χ3n) is 3.41. The van der Waals surface area contributed by atoms with Crippen LogP contribution in [0.2, 0.25) is 0 Å². The van der Waals surface area contributed by atoms with E-state index >= 15 is 0 Å². The maximum absolute atomic E-state index is 13.0. The van der Waals surface area contributed by atoms with Crippen LogP contribution in [0.15, 0.2) is 11.8 Å². The lowest BCUT2D eigenvalue weighted by atomic mass is 9.92. The average molecular weight is 258 g/mol. The summed E-state index contributed by atoms with van der Waals surface area (Å²) in [6.45, 7) is 7.57. The first-order chi connectivity index (χ1) is 8.49. The topological polar surface area (TPSA) is 26.3 Å². The van der Waals surface area contributed by atoms with Gasteiger partial charge in [0.15, 0.2) is 5.78 Å². The highest BCUT2D eigenvalue weighted by Gasteiger charge is 2.20. The largest absolute Gasteiger partial charge is 0.501 e. The Hall–Kier alpha value is -0.860. The molecule has 0 heterocycles. The standard InChI is InChI=1S/C15H27FO2/c1-6-12(7-2)15(18-5)10-14(17)13(8-3)9-11(4)16/h10-13H,6-9H2,1-5H3/b15-10-. The lowest BCUT2D eigenvalue weighted by molar-refractivity contribution is -0.119. The molecule has 2 unspecified atom stereocenters. The van der Waals surface area contributed by atoms with Gasteiger partial charge in [0.1, 0.15) is 5.76 Å². The van der Waals surface area contributed by atoms with E-state index in [1.54, 1.807) is 13.2 Å². The Labute approximate surface area is 111 Å². The van der Waals surface area contributed by atoms with Crippen LogP contribution in [0.1, 0.15) is 53.4 Å². The number of halogens is 1. The average Bonchev–Trinajstić information content (AvgIpc) is 2.35. The molecule has 106 valence electrons. The van der Waals surface area contributed by atoms with Crippen molar-refractivity contribution in [3.05, 3.63) is 11.8 Å². The van der Waals surface area contributed by atoms with E-state index in [9.17, 15) is 9.18 Å². The van der Waals surface area contributed by atoms with Crippen molar-refractivity contribution in [2.45, 2.75) is 59.5 Å². The highest BCUT2D eigenvalue weighted by atomic mass is 19.1. The molecule has 3 heteroatoms. The van der Waals surface area contributed by atoms with Crippen molar-refractivity contribution in [2.24, 2.45) is 11.8 Å². The van der Waals surface area contributed by atoms with E-state index in [0.29, 0.717) is 12.8 Å². The molecule has 0 aliphatic carbocycles. The van der Waals surface area contributed by atoms with Crippen LogP contribution in [0, 0.1) is 11.8 Å². The first-order valence-corrected chi connectivity index (χ1v) is 6.93. The molecule has 0 aliphatic rings. The number of hydrogen-bond acceptors (Lipinski definition) is 2. The molecule has 0 aliphatic heterocycles. The van der Waals surface area contributed by atoms with Gasteiger partial charge in [-0.3, -0.25) is 4.79 Å². The number of rotatable bonds is 9. The van der Waals surface area contributed by atoms with Crippen molar-refractivity contribution in [1.82, 2.24) is 0 Å². The van der Waals surface area contributed by atoms with Gasteiger partial charge >= 0.3 is 0 Å². The van der Waals surface area contributed by atoms with Crippen LogP contribution >= 0.6 is 0 Å². The summed E-state index contributed by atoms with van der Waals surface area (Å²) in [7, 11) is 1.59. The van der Waals surface area contributed by atoms with Gasteiger partial charge in [0.05, 0.1) is 13.3 Å². The summed E-state index contributed by atoms with van der Waals surface area (Å²) in [6.07, 6.45) is 3.50. The SMILES string of the molecule is CCC(CC(C)F)C(=O)/C=C(\OC)C(CC)CC. The van der Waals surface area contributed by atoms with E-state index in [1.807, 2.05) is 6.92 Å². The highest BCUT2D eigenvalue weighted by Crippen LogP contribution is 2.22. The molecule has 0 bridgehead atoms. The molecule has 0 saturated heterocycles. The van der Waals surface area contributed by atoms with E-state index < -0.39 is 6.17 Å². The summed E-state index contributed by atoms with van der Waals surface area (Å²) in [5.41, 5.74) is 0. The molecule has 0 radical (unpaired) electrons. The maximum Gasteiger partial charge on any atom is 0.162 e. The summed E-state index contributed by atoms with van der Waals surface area (Å²) in [6, 6.07) is 0.